The van der Waals surface area contributed by atoms with Crippen LogP contribution in [0.2, 0.25) is 5.02 Å². The van der Waals surface area contributed by atoms with Crippen molar-refractivity contribution >= 4 is 22.5 Å². The first-order chi connectivity index (χ1) is 13.7. The topological polar surface area (TPSA) is 74.4 Å². The van der Waals surface area contributed by atoms with Gasteiger partial charge in [-0.1, -0.05) is 38.4 Å². The first-order valence-electron chi connectivity index (χ1n) is 9.50. The van der Waals surface area contributed by atoms with Crippen LogP contribution >= 0.6 is 11.6 Å². The second kappa shape index (κ2) is 6.85. The van der Waals surface area contributed by atoms with E-state index < -0.39 is 0 Å². The van der Waals surface area contributed by atoms with Gasteiger partial charge in [0, 0.05) is 22.8 Å². The van der Waals surface area contributed by atoms with E-state index in [1.165, 1.54) is 0 Å². The molecule has 0 unspecified atom stereocenters. The van der Waals surface area contributed by atoms with Gasteiger partial charge >= 0.3 is 0 Å². The number of benzene rings is 1. The van der Waals surface area contributed by atoms with Crippen LogP contribution in [0, 0.1) is 13.8 Å². The Morgan fingerprint density at radius 3 is 2.48 bits per heavy atom. The van der Waals surface area contributed by atoms with Gasteiger partial charge in [0.1, 0.15) is 5.69 Å². The van der Waals surface area contributed by atoms with Crippen molar-refractivity contribution in [2.24, 2.45) is 0 Å². The molecule has 4 aromatic rings. The van der Waals surface area contributed by atoms with Crippen molar-refractivity contribution in [2.75, 3.05) is 0 Å². The zero-order valence-corrected chi connectivity index (χ0v) is 17.9. The van der Waals surface area contributed by atoms with E-state index in [0.29, 0.717) is 16.1 Å². The molecule has 3 heterocycles. The number of rotatable bonds is 2. The number of aromatic amines is 2. The molecule has 0 aliphatic carbocycles. The summed E-state index contributed by atoms with van der Waals surface area (Å²) in [5.74, 6) is 0. The van der Waals surface area contributed by atoms with E-state index in [-0.39, 0.29) is 10.8 Å². The molecule has 0 saturated carbocycles. The summed E-state index contributed by atoms with van der Waals surface area (Å²) in [7, 11) is 0. The first kappa shape index (κ1) is 19.4. The van der Waals surface area contributed by atoms with Crippen molar-refractivity contribution in [3.8, 4) is 22.6 Å². The summed E-state index contributed by atoms with van der Waals surface area (Å²) in [5.41, 5.74) is 6.67. The lowest BCUT2D eigenvalue weighted by atomic mass is 9.85. The average Bonchev–Trinajstić information content (AvgIpc) is 3.07. The lowest BCUT2D eigenvalue weighted by Crippen LogP contribution is -2.12. The molecule has 3 aromatic heterocycles. The highest BCUT2D eigenvalue weighted by molar-refractivity contribution is 6.31. The third-order valence-corrected chi connectivity index (χ3v) is 5.53. The normalized spacial score (nSPS) is 11.9. The molecular weight excluding hydrogens is 384 g/mol. The van der Waals surface area contributed by atoms with Crippen molar-refractivity contribution in [1.29, 1.82) is 0 Å². The Morgan fingerprint density at radius 1 is 1.07 bits per heavy atom. The maximum atomic E-state index is 13.1. The smallest absolute Gasteiger partial charge is 0.192 e. The van der Waals surface area contributed by atoms with Crippen molar-refractivity contribution in [1.82, 2.24) is 20.2 Å². The molecule has 2 N–H and O–H groups in total. The van der Waals surface area contributed by atoms with Gasteiger partial charge < -0.3 is 4.98 Å². The molecule has 5 nitrogen and oxygen atoms in total. The van der Waals surface area contributed by atoms with Gasteiger partial charge in [-0.3, -0.25) is 14.9 Å². The lowest BCUT2D eigenvalue weighted by Gasteiger charge is -2.22. The van der Waals surface area contributed by atoms with Gasteiger partial charge in [-0.15, -0.1) is 0 Å². The van der Waals surface area contributed by atoms with E-state index >= 15 is 0 Å². The molecule has 29 heavy (non-hydrogen) atoms. The second-order valence-electron chi connectivity index (χ2n) is 8.45. The number of nitrogens with zero attached hydrogens (tertiary/aromatic N) is 2. The molecule has 6 heteroatoms. The number of hydrogen-bond acceptors (Lipinski definition) is 3. The monoisotopic (exact) mass is 406 g/mol. The fraction of sp³-hybridized carbons (Fsp3) is 0.261. The molecular formula is C23H23ClN4O. The standard InChI is InChI=1S/C23H23ClN4O/c1-12-8-15(23(3,4)5)16(24)9-14(12)18-10-19(29)20-17(27-18)6-7-25-22(20)21-13(2)11-26-28-21/h6-11H,1-5H3,(H,26,28)(H,27,29). The SMILES string of the molecule is Cc1cc(C(C)(C)C)c(Cl)cc1-c1cc(=O)c2c(-c3[nH]ncc3C)nccc2[nH]1. The number of H-pyrrole nitrogens is 2. The molecule has 148 valence electrons. The zero-order chi connectivity index (χ0) is 20.9. The van der Waals surface area contributed by atoms with Crippen LogP contribution in [0.5, 0.6) is 0 Å². The highest BCUT2D eigenvalue weighted by Gasteiger charge is 2.20. The van der Waals surface area contributed by atoms with Crippen LogP contribution in [-0.4, -0.2) is 20.2 Å². The van der Waals surface area contributed by atoms with Crippen molar-refractivity contribution < 1.29 is 0 Å². The minimum Gasteiger partial charge on any atom is -0.354 e. The molecule has 4 rings (SSSR count). The number of hydrogen-bond donors (Lipinski definition) is 2. The van der Waals surface area contributed by atoms with Crippen LogP contribution in [0.15, 0.2) is 41.5 Å². The van der Waals surface area contributed by atoms with Gasteiger partial charge in [0.05, 0.1) is 28.5 Å². The predicted molar refractivity (Wildman–Crippen MR) is 119 cm³/mol. The average molecular weight is 407 g/mol. The number of nitrogens with one attached hydrogen (secondary N) is 2. The summed E-state index contributed by atoms with van der Waals surface area (Å²) in [4.78, 5) is 20.9. The molecule has 0 fully saturated rings. The fourth-order valence-corrected chi connectivity index (χ4v) is 4.11. The summed E-state index contributed by atoms with van der Waals surface area (Å²) in [6.07, 6.45) is 3.42. The zero-order valence-electron chi connectivity index (χ0n) is 17.1. The predicted octanol–water partition coefficient (Wildman–Crippen LogP) is 5.55. The van der Waals surface area contributed by atoms with Crippen LogP contribution in [0.3, 0.4) is 0 Å². The molecule has 1 aromatic carbocycles. The molecule has 0 amide bonds. The van der Waals surface area contributed by atoms with Crippen molar-refractivity contribution in [3.05, 3.63) is 68.6 Å². The van der Waals surface area contributed by atoms with Gasteiger partial charge in [-0.25, -0.2) is 0 Å². The van der Waals surface area contributed by atoms with Crippen molar-refractivity contribution in [3.63, 3.8) is 0 Å². The Hall–Kier alpha value is -2.92. The quantitative estimate of drug-likeness (QED) is 0.458. The Kier molecular flexibility index (Phi) is 4.58. The molecule has 0 spiro atoms. The van der Waals surface area contributed by atoms with Crippen LogP contribution in [-0.2, 0) is 5.41 Å². The van der Waals surface area contributed by atoms with E-state index in [0.717, 1.165) is 39.2 Å². The van der Waals surface area contributed by atoms with Crippen LogP contribution in [0.1, 0.15) is 37.5 Å². The second-order valence-corrected chi connectivity index (χ2v) is 8.86. The highest BCUT2D eigenvalue weighted by Crippen LogP contribution is 2.35. The molecule has 0 radical (unpaired) electrons. The number of fused-ring (bicyclic) bond motifs is 1. The van der Waals surface area contributed by atoms with Gasteiger partial charge in [0.25, 0.3) is 0 Å². The van der Waals surface area contributed by atoms with Crippen LogP contribution in [0.25, 0.3) is 33.5 Å². The third-order valence-electron chi connectivity index (χ3n) is 5.22. The number of halogens is 1. The molecule has 0 aliphatic heterocycles. The van der Waals surface area contributed by atoms with Gasteiger partial charge in [-0.2, -0.15) is 5.10 Å². The third kappa shape index (κ3) is 3.36. The molecule has 0 saturated heterocycles. The maximum Gasteiger partial charge on any atom is 0.192 e. The van der Waals surface area contributed by atoms with Gasteiger partial charge in [-0.05, 0) is 48.1 Å². The Bertz CT molecular complexity index is 1290. The molecule has 0 aliphatic rings. The van der Waals surface area contributed by atoms with E-state index in [2.05, 4.69) is 47.0 Å². The van der Waals surface area contributed by atoms with Gasteiger partial charge in [0.15, 0.2) is 5.43 Å². The summed E-state index contributed by atoms with van der Waals surface area (Å²) < 4.78 is 0. The summed E-state index contributed by atoms with van der Waals surface area (Å²) in [6, 6.07) is 7.48. The minimum absolute atomic E-state index is 0.0559. The van der Waals surface area contributed by atoms with Crippen molar-refractivity contribution in [2.45, 2.75) is 40.0 Å². The summed E-state index contributed by atoms with van der Waals surface area (Å²) >= 11 is 6.59. The summed E-state index contributed by atoms with van der Waals surface area (Å²) in [5, 5.41) is 8.24. The largest absolute Gasteiger partial charge is 0.354 e. The summed E-state index contributed by atoms with van der Waals surface area (Å²) in [6.45, 7) is 10.4. The maximum absolute atomic E-state index is 13.1. The van der Waals surface area contributed by atoms with E-state index in [1.807, 2.05) is 26.0 Å². The Balaban J connectivity index is 1.93. The highest BCUT2D eigenvalue weighted by atomic mass is 35.5. The van der Waals surface area contributed by atoms with Crippen LogP contribution in [0.4, 0.5) is 0 Å². The molecule has 0 atom stereocenters. The molecule has 0 bridgehead atoms. The first-order valence-corrected chi connectivity index (χ1v) is 9.88. The number of aryl methyl sites for hydroxylation is 2. The Labute approximate surface area is 174 Å². The number of aromatic nitrogens is 4. The van der Waals surface area contributed by atoms with E-state index in [1.54, 1.807) is 18.5 Å². The van der Waals surface area contributed by atoms with E-state index in [9.17, 15) is 4.79 Å². The van der Waals surface area contributed by atoms with E-state index in [4.69, 9.17) is 11.6 Å². The fourth-order valence-electron chi connectivity index (χ4n) is 3.67. The van der Waals surface area contributed by atoms with Gasteiger partial charge in [0.2, 0.25) is 0 Å². The Morgan fingerprint density at radius 2 is 1.83 bits per heavy atom. The minimum atomic E-state index is -0.0960. The number of pyridine rings is 2. The van der Waals surface area contributed by atoms with Crippen LogP contribution < -0.4 is 5.43 Å². The lowest BCUT2D eigenvalue weighted by molar-refractivity contribution is 0.590.